The van der Waals surface area contributed by atoms with Gasteiger partial charge in [0, 0.05) is 18.2 Å². The van der Waals surface area contributed by atoms with Gasteiger partial charge in [-0.05, 0) is 112 Å². The third-order valence-corrected chi connectivity index (χ3v) is 11.0. The Morgan fingerprint density at radius 3 is 2.53 bits per heavy atom. The van der Waals surface area contributed by atoms with Crippen molar-refractivity contribution >= 4 is 5.71 Å². The van der Waals surface area contributed by atoms with Gasteiger partial charge in [-0.15, -0.1) is 0 Å². The van der Waals surface area contributed by atoms with Crippen molar-refractivity contribution in [1.29, 1.82) is 0 Å². The van der Waals surface area contributed by atoms with Crippen molar-refractivity contribution in [3.8, 4) is 0 Å². The van der Waals surface area contributed by atoms with Gasteiger partial charge < -0.3 is 0 Å². The minimum Gasteiger partial charge on any atom is -0.294 e. The number of aliphatic imine (C=N–C) groups is 1. The maximum Gasteiger partial charge on any atom is 0.0388 e. The molecule has 194 valence electrons. The Kier molecular flexibility index (Phi) is 9.73. The molecular formula is C33H57N. The van der Waals surface area contributed by atoms with Gasteiger partial charge in [-0.2, -0.15) is 0 Å². The summed E-state index contributed by atoms with van der Waals surface area (Å²) in [6.45, 7) is 22.3. The van der Waals surface area contributed by atoms with Gasteiger partial charge in [0.15, 0.2) is 0 Å². The van der Waals surface area contributed by atoms with Crippen LogP contribution in [0.15, 0.2) is 29.3 Å². The van der Waals surface area contributed by atoms with Crippen LogP contribution in [0.3, 0.4) is 0 Å². The summed E-state index contributed by atoms with van der Waals surface area (Å²) in [5.74, 6) is 5.12. The number of hydrogen-bond acceptors (Lipinski definition) is 1. The van der Waals surface area contributed by atoms with Crippen molar-refractivity contribution in [2.75, 3.05) is 6.54 Å². The number of hydrogen-bond donors (Lipinski definition) is 0. The number of rotatable bonds is 11. The van der Waals surface area contributed by atoms with E-state index in [0.717, 1.165) is 42.1 Å². The standard InChI is InChI=1S/C33H57N/c1-9-13-27-15-16-28-30-18-17-29(26(6)34-22-12-14-25(5)23-24(4)11-3)33(30,8)21-19-31(28)32(27,7)20-10-2/h9,13,24-25,28-31H,1,10-12,14-23H2,2-8H3/b27-13-,34-26?. The molecule has 3 aliphatic carbocycles. The Bertz CT molecular complexity index is 731. The van der Waals surface area contributed by atoms with Crippen molar-refractivity contribution in [3.05, 3.63) is 24.3 Å². The number of nitrogens with zero attached hydrogens (tertiary/aromatic N) is 1. The topological polar surface area (TPSA) is 12.4 Å². The molecule has 0 aromatic rings. The third-order valence-electron chi connectivity index (χ3n) is 11.0. The Morgan fingerprint density at radius 1 is 1.09 bits per heavy atom. The second-order valence-electron chi connectivity index (χ2n) is 13.2. The Morgan fingerprint density at radius 2 is 1.85 bits per heavy atom. The lowest BCUT2D eigenvalue weighted by molar-refractivity contribution is -0.0408. The molecule has 0 N–H and O–H groups in total. The normalized spacial score (nSPS) is 38.9. The van der Waals surface area contributed by atoms with Gasteiger partial charge in [-0.25, -0.2) is 0 Å². The largest absolute Gasteiger partial charge is 0.294 e. The summed E-state index contributed by atoms with van der Waals surface area (Å²) >= 11 is 0. The lowest BCUT2D eigenvalue weighted by Crippen LogP contribution is -2.50. The van der Waals surface area contributed by atoms with Crippen LogP contribution in [0.5, 0.6) is 0 Å². The van der Waals surface area contributed by atoms with E-state index in [1.807, 2.05) is 6.08 Å². The van der Waals surface area contributed by atoms with Crippen molar-refractivity contribution in [1.82, 2.24) is 0 Å². The predicted octanol–water partition coefficient (Wildman–Crippen LogP) is 10.1. The van der Waals surface area contributed by atoms with Crippen molar-refractivity contribution in [3.63, 3.8) is 0 Å². The maximum absolute atomic E-state index is 5.21. The molecule has 3 aliphatic rings. The van der Waals surface area contributed by atoms with E-state index in [1.165, 1.54) is 82.8 Å². The Hall–Kier alpha value is -0.850. The van der Waals surface area contributed by atoms with Gasteiger partial charge in [0.2, 0.25) is 0 Å². The van der Waals surface area contributed by atoms with E-state index in [4.69, 9.17) is 4.99 Å². The van der Waals surface area contributed by atoms with E-state index < -0.39 is 0 Å². The van der Waals surface area contributed by atoms with Crippen LogP contribution in [0, 0.1) is 46.3 Å². The third kappa shape index (κ3) is 5.59. The zero-order chi connectivity index (χ0) is 24.9. The fourth-order valence-electron chi connectivity index (χ4n) is 9.07. The van der Waals surface area contributed by atoms with E-state index in [9.17, 15) is 0 Å². The van der Waals surface area contributed by atoms with Crippen molar-refractivity contribution in [2.45, 2.75) is 126 Å². The minimum atomic E-state index is 0.389. The first-order valence-electron chi connectivity index (χ1n) is 15.0. The lowest BCUT2D eigenvalue weighted by Gasteiger charge is -2.57. The molecule has 0 radical (unpaired) electrons. The van der Waals surface area contributed by atoms with E-state index in [-0.39, 0.29) is 0 Å². The lowest BCUT2D eigenvalue weighted by atomic mass is 9.47. The van der Waals surface area contributed by atoms with Crippen LogP contribution in [-0.4, -0.2) is 12.3 Å². The SMILES string of the molecule is C=C/C=C1/CCC2C(CCC3(C)C(C(C)=NCCCC(C)CC(C)CC)CCC23)C1(C)CCC. The molecule has 1 nitrogen and oxygen atoms in total. The molecule has 3 saturated carbocycles. The predicted molar refractivity (Wildman–Crippen MR) is 152 cm³/mol. The molecule has 0 saturated heterocycles. The first-order chi connectivity index (χ1) is 16.2. The summed E-state index contributed by atoms with van der Waals surface area (Å²) in [6, 6.07) is 0. The first-order valence-corrected chi connectivity index (χ1v) is 15.0. The number of allylic oxidation sites excluding steroid dienone is 3. The molecule has 8 atom stereocenters. The second kappa shape index (κ2) is 11.9. The van der Waals surface area contributed by atoms with E-state index in [2.05, 4.69) is 61.1 Å². The van der Waals surface area contributed by atoms with E-state index >= 15 is 0 Å². The zero-order valence-corrected chi connectivity index (χ0v) is 24.0. The van der Waals surface area contributed by atoms with Gasteiger partial charge in [0.25, 0.3) is 0 Å². The van der Waals surface area contributed by atoms with Gasteiger partial charge in [0.05, 0.1) is 0 Å². The van der Waals surface area contributed by atoms with E-state index in [1.54, 1.807) is 5.57 Å². The molecule has 8 unspecified atom stereocenters. The Balaban J connectivity index is 1.65. The quantitative estimate of drug-likeness (QED) is 0.212. The van der Waals surface area contributed by atoms with Gasteiger partial charge in [-0.3, -0.25) is 4.99 Å². The molecule has 3 rings (SSSR count). The highest BCUT2D eigenvalue weighted by Gasteiger charge is 2.58. The van der Waals surface area contributed by atoms with Crippen LogP contribution in [0.25, 0.3) is 0 Å². The number of fused-ring (bicyclic) bond motifs is 3. The Labute approximate surface area is 213 Å². The van der Waals surface area contributed by atoms with Crippen LogP contribution in [0.2, 0.25) is 0 Å². The first kappa shape index (κ1) is 27.7. The van der Waals surface area contributed by atoms with Gasteiger partial charge >= 0.3 is 0 Å². The fraction of sp³-hybridized carbons (Fsp3) is 0.848. The van der Waals surface area contributed by atoms with Crippen LogP contribution >= 0.6 is 0 Å². The summed E-state index contributed by atoms with van der Waals surface area (Å²) in [7, 11) is 0. The maximum atomic E-state index is 5.21. The average molecular weight is 468 g/mol. The highest BCUT2D eigenvalue weighted by Crippen LogP contribution is 2.66. The molecule has 0 aromatic carbocycles. The van der Waals surface area contributed by atoms with Crippen LogP contribution < -0.4 is 0 Å². The fourth-order valence-corrected chi connectivity index (χ4v) is 9.07. The molecule has 0 spiro atoms. The van der Waals surface area contributed by atoms with Crippen LogP contribution in [0.1, 0.15) is 126 Å². The molecule has 0 amide bonds. The molecule has 0 heterocycles. The summed E-state index contributed by atoms with van der Waals surface area (Å²) < 4.78 is 0. The molecule has 3 fully saturated rings. The highest BCUT2D eigenvalue weighted by atomic mass is 14.8. The van der Waals surface area contributed by atoms with E-state index in [0.29, 0.717) is 10.8 Å². The van der Waals surface area contributed by atoms with Crippen LogP contribution in [-0.2, 0) is 0 Å². The summed E-state index contributed by atoms with van der Waals surface area (Å²) in [4.78, 5) is 5.21. The molecule has 0 bridgehead atoms. The van der Waals surface area contributed by atoms with Gasteiger partial charge in [0.1, 0.15) is 0 Å². The van der Waals surface area contributed by atoms with Crippen molar-refractivity contribution in [2.24, 2.45) is 51.3 Å². The smallest absolute Gasteiger partial charge is 0.0388 e. The molecule has 1 heteroatoms. The summed E-state index contributed by atoms with van der Waals surface area (Å²) in [5.41, 5.74) is 4.05. The molecule has 34 heavy (non-hydrogen) atoms. The second-order valence-corrected chi connectivity index (χ2v) is 13.2. The zero-order valence-electron chi connectivity index (χ0n) is 24.0. The van der Waals surface area contributed by atoms with Crippen molar-refractivity contribution < 1.29 is 0 Å². The highest BCUT2D eigenvalue weighted by molar-refractivity contribution is 5.85. The monoisotopic (exact) mass is 467 g/mol. The van der Waals surface area contributed by atoms with Gasteiger partial charge in [-0.1, -0.05) is 78.7 Å². The molecule has 0 aliphatic heterocycles. The molecular weight excluding hydrogens is 410 g/mol. The minimum absolute atomic E-state index is 0.389. The van der Waals surface area contributed by atoms with Crippen LogP contribution in [0.4, 0.5) is 0 Å². The molecule has 0 aromatic heterocycles. The summed E-state index contributed by atoms with van der Waals surface area (Å²) in [5, 5.41) is 0. The summed E-state index contributed by atoms with van der Waals surface area (Å²) in [6.07, 6.45) is 20.7. The average Bonchev–Trinajstić information content (AvgIpc) is 3.16.